The van der Waals surface area contributed by atoms with Crippen LogP contribution < -0.4 is 0 Å². The van der Waals surface area contributed by atoms with Crippen molar-refractivity contribution in [2.45, 2.75) is 25.0 Å². The molecule has 0 saturated carbocycles. The number of aromatic nitrogens is 2. The number of imidazole rings is 1. The van der Waals surface area contributed by atoms with Gasteiger partial charge >= 0.3 is 6.18 Å². The van der Waals surface area contributed by atoms with Crippen molar-refractivity contribution in [3.63, 3.8) is 0 Å². The molecule has 1 aromatic heterocycles. The van der Waals surface area contributed by atoms with Gasteiger partial charge in [-0.25, -0.2) is 9.37 Å². The summed E-state index contributed by atoms with van der Waals surface area (Å²) < 4.78 is 51.5. The van der Waals surface area contributed by atoms with Crippen molar-refractivity contribution in [3.05, 3.63) is 29.8 Å². The van der Waals surface area contributed by atoms with Gasteiger partial charge in [0.25, 0.3) is 0 Å². The van der Waals surface area contributed by atoms with Crippen molar-refractivity contribution in [2.75, 3.05) is 0 Å². The van der Waals surface area contributed by atoms with Crippen molar-refractivity contribution in [1.82, 2.24) is 9.55 Å². The van der Waals surface area contributed by atoms with Crippen molar-refractivity contribution in [1.29, 1.82) is 0 Å². The van der Waals surface area contributed by atoms with Crippen LogP contribution in [0.25, 0.3) is 11.0 Å². The first-order chi connectivity index (χ1) is 8.28. The Morgan fingerprint density at radius 3 is 2.61 bits per heavy atom. The normalized spacial score (nSPS) is 14.1. The molecule has 7 heteroatoms. The summed E-state index contributed by atoms with van der Waals surface area (Å²) in [6.07, 6.45) is -4.39. The molecule has 1 heterocycles. The third-order valence-electron chi connectivity index (χ3n) is 2.43. The number of rotatable bonds is 2. The van der Waals surface area contributed by atoms with E-state index >= 15 is 0 Å². The van der Waals surface area contributed by atoms with Crippen LogP contribution >= 0.6 is 11.6 Å². The molecule has 2 nitrogen and oxygen atoms in total. The molecule has 0 N–H and O–H groups in total. The first kappa shape index (κ1) is 13.1. The van der Waals surface area contributed by atoms with Crippen LogP contribution in [0.4, 0.5) is 17.6 Å². The molecule has 2 aromatic rings. The molecule has 1 atom stereocenters. The Morgan fingerprint density at radius 2 is 2.06 bits per heavy atom. The van der Waals surface area contributed by atoms with Crippen molar-refractivity contribution in [2.24, 2.45) is 0 Å². The summed E-state index contributed by atoms with van der Waals surface area (Å²) >= 11 is 5.80. The number of alkyl halides is 4. The lowest BCUT2D eigenvalue weighted by Gasteiger charge is -2.12. The first-order valence-corrected chi connectivity index (χ1v) is 5.58. The second-order valence-corrected chi connectivity index (χ2v) is 4.58. The molecule has 2 rings (SSSR count). The molecule has 0 aliphatic rings. The van der Waals surface area contributed by atoms with Crippen LogP contribution in [-0.4, -0.2) is 15.7 Å². The zero-order valence-electron chi connectivity index (χ0n) is 9.30. The lowest BCUT2D eigenvalue weighted by Crippen LogP contribution is -2.19. The Hall–Kier alpha value is -1.30. The van der Waals surface area contributed by atoms with Gasteiger partial charge in [0.15, 0.2) is 0 Å². The van der Waals surface area contributed by atoms with E-state index in [4.69, 9.17) is 11.6 Å². The van der Waals surface area contributed by atoms with E-state index in [1.165, 1.54) is 13.0 Å². The highest BCUT2D eigenvalue weighted by atomic mass is 35.5. The third kappa shape index (κ3) is 2.58. The van der Waals surface area contributed by atoms with Crippen LogP contribution in [0.5, 0.6) is 0 Å². The molecular weight excluding hydrogens is 272 g/mol. The lowest BCUT2D eigenvalue weighted by atomic mass is 10.3. The van der Waals surface area contributed by atoms with Gasteiger partial charge in [-0.3, -0.25) is 0 Å². The number of halogens is 5. The number of fused-ring (bicyclic) bond motifs is 1. The molecule has 0 saturated heterocycles. The molecule has 1 unspecified atom stereocenters. The monoisotopic (exact) mass is 280 g/mol. The first-order valence-electron chi connectivity index (χ1n) is 5.14. The summed E-state index contributed by atoms with van der Waals surface area (Å²) in [4.78, 5) is 3.95. The van der Waals surface area contributed by atoms with Gasteiger partial charge in [0.2, 0.25) is 0 Å². The largest absolute Gasteiger partial charge is 0.406 e. The average molecular weight is 281 g/mol. The summed E-state index contributed by atoms with van der Waals surface area (Å²) in [6, 6.07) is 3.46. The molecule has 98 valence electrons. The maximum atomic E-state index is 13.0. The second kappa shape index (κ2) is 4.42. The van der Waals surface area contributed by atoms with E-state index in [1.807, 2.05) is 0 Å². The topological polar surface area (TPSA) is 17.8 Å². The fourth-order valence-electron chi connectivity index (χ4n) is 1.77. The van der Waals surface area contributed by atoms with Gasteiger partial charge in [0, 0.05) is 6.07 Å². The van der Waals surface area contributed by atoms with Gasteiger partial charge in [-0.1, -0.05) is 0 Å². The smallest absolute Gasteiger partial charge is 0.318 e. The van der Waals surface area contributed by atoms with Gasteiger partial charge in [0.05, 0.1) is 16.4 Å². The highest BCUT2D eigenvalue weighted by molar-refractivity contribution is 6.20. The Morgan fingerprint density at radius 1 is 1.39 bits per heavy atom. The molecule has 0 spiro atoms. The summed E-state index contributed by atoms with van der Waals surface area (Å²) in [5.74, 6) is -0.470. The van der Waals surface area contributed by atoms with Crippen LogP contribution in [0.15, 0.2) is 18.2 Å². The van der Waals surface area contributed by atoms with Crippen LogP contribution in [0, 0.1) is 5.82 Å². The van der Waals surface area contributed by atoms with Gasteiger partial charge in [-0.2, -0.15) is 13.2 Å². The SMILES string of the molecule is CC(Cl)c1nc2cc(F)ccc2n1CC(F)(F)F. The van der Waals surface area contributed by atoms with E-state index in [2.05, 4.69) is 4.98 Å². The highest BCUT2D eigenvalue weighted by Gasteiger charge is 2.31. The van der Waals surface area contributed by atoms with Crippen molar-refractivity contribution < 1.29 is 17.6 Å². The van der Waals surface area contributed by atoms with E-state index in [-0.39, 0.29) is 16.9 Å². The third-order valence-corrected chi connectivity index (χ3v) is 2.63. The number of benzene rings is 1. The van der Waals surface area contributed by atoms with Gasteiger partial charge in [0.1, 0.15) is 18.2 Å². The zero-order valence-corrected chi connectivity index (χ0v) is 10.1. The summed E-state index contributed by atoms with van der Waals surface area (Å²) in [6.45, 7) is 0.327. The van der Waals surface area contributed by atoms with Gasteiger partial charge in [-0.05, 0) is 19.1 Å². The van der Waals surface area contributed by atoms with E-state index in [0.29, 0.717) is 0 Å². The number of nitrogens with zero attached hydrogens (tertiary/aromatic N) is 2. The summed E-state index contributed by atoms with van der Waals surface area (Å²) in [7, 11) is 0. The Labute approximate surface area is 105 Å². The average Bonchev–Trinajstić information content (AvgIpc) is 2.54. The van der Waals surface area contributed by atoms with Crippen LogP contribution in [0.3, 0.4) is 0 Å². The van der Waals surface area contributed by atoms with Crippen LogP contribution in [-0.2, 0) is 6.54 Å². The van der Waals surface area contributed by atoms with Crippen LogP contribution in [0.2, 0.25) is 0 Å². The quantitative estimate of drug-likeness (QED) is 0.600. The Kier molecular flexibility index (Phi) is 3.23. The fourth-order valence-corrected chi connectivity index (χ4v) is 1.94. The maximum absolute atomic E-state index is 13.0. The molecule has 0 aliphatic heterocycles. The minimum atomic E-state index is -4.39. The second-order valence-electron chi connectivity index (χ2n) is 3.92. The summed E-state index contributed by atoms with van der Waals surface area (Å²) in [5.41, 5.74) is 0.387. The molecule has 0 aliphatic carbocycles. The Bertz CT molecular complexity index is 574. The molecule has 0 bridgehead atoms. The molecule has 0 amide bonds. The minimum absolute atomic E-state index is 0.0783. The molecule has 0 fully saturated rings. The predicted molar refractivity (Wildman–Crippen MR) is 60.0 cm³/mol. The molecule has 1 aromatic carbocycles. The Balaban J connectivity index is 2.63. The lowest BCUT2D eigenvalue weighted by molar-refractivity contribution is -0.140. The van der Waals surface area contributed by atoms with Gasteiger partial charge < -0.3 is 4.57 Å². The maximum Gasteiger partial charge on any atom is 0.406 e. The highest BCUT2D eigenvalue weighted by Crippen LogP contribution is 2.28. The molecule has 18 heavy (non-hydrogen) atoms. The van der Waals surface area contributed by atoms with Crippen molar-refractivity contribution >= 4 is 22.6 Å². The van der Waals surface area contributed by atoms with E-state index < -0.39 is 23.9 Å². The molecular formula is C11H9ClF4N2. The van der Waals surface area contributed by atoms with Crippen LogP contribution in [0.1, 0.15) is 18.1 Å². The fraction of sp³-hybridized carbons (Fsp3) is 0.364. The number of hydrogen-bond donors (Lipinski definition) is 0. The minimum Gasteiger partial charge on any atom is -0.318 e. The standard InChI is InChI=1S/C11H9ClF4N2/c1-6(12)10-17-8-4-7(13)2-3-9(8)18(10)5-11(14,15)16/h2-4,6H,5H2,1H3. The van der Waals surface area contributed by atoms with E-state index in [1.54, 1.807) is 0 Å². The molecule has 0 radical (unpaired) electrons. The van der Waals surface area contributed by atoms with E-state index in [0.717, 1.165) is 16.7 Å². The van der Waals surface area contributed by atoms with Gasteiger partial charge in [-0.15, -0.1) is 11.6 Å². The van der Waals surface area contributed by atoms with Crippen molar-refractivity contribution in [3.8, 4) is 0 Å². The predicted octanol–water partition coefficient (Wildman–Crippen LogP) is 4.04. The van der Waals surface area contributed by atoms with E-state index in [9.17, 15) is 17.6 Å². The summed E-state index contributed by atoms with van der Waals surface area (Å²) in [5, 5.41) is -0.692. The zero-order chi connectivity index (χ0) is 13.5. The number of hydrogen-bond acceptors (Lipinski definition) is 1.